The maximum atomic E-state index is 13.8. The summed E-state index contributed by atoms with van der Waals surface area (Å²) in [6, 6.07) is 16.1. The molecule has 37 heavy (non-hydrogen) atoms. The van der Waals surface area contributed by atoms with Crippen LogP contribution in [0.25, 0.3) is 6.08 Å². The minimum atomic E-state index is 0.0622. The normalized spacial score (nSPS) is 21.5. The summed E-state index contributed by atoms with van der Waals surface area (Å²) >= 11 is 5.10. The molecule has 2 aromatic rings. The molecule has 5 rings (SSSR count). The molecule has 3 aliphatic rings. The molecule has 2 aromatic carbocycles. The van der Waals surface area contributed by atoms with E-state index in [0.29, 0.717) is 22.3 Å². The van der Waals surface area contributed by atoms with Crippen LogP contribution in [0.4, 0.5) is 0 Å². The first-order valence-corrected chi connectivity index (χ1v) is 14.9. The van der Waals surface area contributed by atoms with Crippen molar-refractivity contribution >= 4 is 44.8 Å². The molecule has 0 spiro atoms. The van der Waals surface area contributed by atoms with E-state index < -0.39 is 0 Å². The monoisotopic (exact) mass is 577 g/mol. The van der Waals surface area contributed by atoms with Crippen LogP contribution in [-0.4, -0.2) is 28.1 Å². The molecule has 1 aliphatic heterocycles. The van der Waals surface area contributed by atoms with Crippen molar-refractivity contribution in [1.29, 1.82) is 5.26 Å². The van der Waals surface area contributed by atoms with Gasteiger partial charge in [0, 0.05) is 21.6 Å². The van der Waals surface area contributed by atoms with Crippen molar-refractivity contribution in [3.63, 3.8) is 0 Å². The molecular weight excluding hydrogens is 546 g/mol. The van der Waals surface area contributed by atoms with Crippen LogP contribution in [0.5, 0.6) is 5.75 Å². The zero-order valence-corrected chi connectivity index (χ0v) is 23.4. The average molecular weight is 579 g/mol. The third-order valence-electron chi connectivity index (χ3n) is 7.42. The van der Waals surface area contributed by atoms with Gasteiger partial charge in [-0.2, -0.15) is 5.26 Å². The second-order valence-electron chi connectivity index (χ2n) is 10.0. The lowest BCUT2D eigenvalue weighted by Gasteiger charge is -2.31. The number of amidine groups is 1. The van der Waals surface area contributed by atoms with Crippen molar-refractivity contribution in [2.24, 2.45) is 4.99 Å². The Bertz CT molecular complexity index is 1240. The Morgan fingerprint density at radius 1 is 1.05 bits per heavy atom. The third-order valence-corrected chi connectivity index (χ3v) is 8.91. The summed E-state index contributed by atoms with van der Waals surface area (Å²) in [5, 5.41) is 10.3. The lowest BCUT2D eigenvalue weighted by molar-refractivity contribution is -0.124. The molecule has 1 amide bonds. The number of halogens is 1. The molecule has 3 fully saturated rings. The van der Waals surface area contributed by atoms with Gasteiger partial charge in [0.05, 0.1) is 22.6 Å². The quantitative estimate of drug-likeness (QED) is 0.328. The summed E-state index contributed by atoms with van der Waals surface area (Å²) < 4.78 is 7.09. The highest BCUT2D eigenvalue weighted by molar-refractivity contribution is 9.10. The van der Waals surface area contributed by atoms with Crippen LogP contribution >= 0.6 is 27.7 Å². The summed E-state index contributed by atoms with van der Waals surface area (Å²) in [6.45, 7) is 0.283. The second-order valence-corrected chi connectivity index (χ2v) is 11.9. The second kappa shape index (κ2) is 12.3. The minimum Gasteiger partial charge on any atom is -0.488 e. The zero-order valence-electron chi connectivity index (χ0n) is 21.0. The van der Waals surface area contributed by atoms with E-state index in [2.05, 4.69) is 22.0 Å². The lowest BCUT2D eigenvalue weighted by Crippen LogP contribution is -2.41. The van der Waals surface area contributed by atoms with Gasteiger partial charge in [-0.15, -0.1) is 0 Å². The Hall–Kier alpha value is -2.56. The number of hydrogen-bond donors (Lipinski definition) is 0. The highest BCUT2D eigenvalue weighted by Gasteiger charge is 2.39. The van der Waals surface area contributed by atoms with E-state index in [1.807, 2.05) is 47.4 Å². The number of carbonyl (C=O) groups is 1. The molecule has 7 heteroatoms. The summed E-state index contributed by atoms with van der Waals surface area (Å²) in [5.41, 5.74) is 2.28. The van der Waals surface area contributed by atoms with Crippen LogP contribution in [-0.2, 0) is 11.4 Å². The van der Waals surface area contributed by atoms with Crippen LogP contribution in [0.3, 0.4) is 0 Å². The molecule has 5 nitrogen and oxygen atoms in total. The number of amides is 1. The fourth-order valence-electron chi connectivity index (χ4n) is 5.42. The van der Waals surface area contributed by atoms with Crippen LogP contribution in [0.15, 0.2) is 56.8 Å². The van der Waals surface area contributed by atoms with Gasteiger partial charge in [0.15, 0.2) is 5.17 Å². The van der Waals surface area contributed by atoms with Crippen molar-refractivity contribution in [3.05, 3.63) is 68.5 Å². The number of nitrogens with zero attached hydrogens (tertiary/aromatic N) is 3. The maximum Gasteiger partial charge on any atom is 0.267 e. The van der Waals surface area contributed by atoms with Gasteiger partial charge in [0.1, 0.15) is 12.4 Å². The molecule has 0 N–H and O–H groups in total. The summed E-state index contributed by atoms with van der Waals surface area (Å²) in [6.07, 6.45) is 13.6. The van der Waals surface area contributed by atoms with E-state index in [-0.39, 0.29) is 18.6 Å². The van der Waals surface area contributed by atoms with E-state index in [9.17, 15) is 10.1 Å². The fraction of sp³-hybridized carbons (Fsp3) is 0.433. The molecule has 2 saturated carbocycles. The molecular formula is C30H32BrN3O2S. The first kappa shape index (κ1) is 26.1. The third kappa shape index (κ3) is 6.30. The first-order chi connectivity index (χ1) is 18.1. The summed E-state index contributed by atoms with van der Waals surface area (Å²) in [4.78, 5) is 21.6. The molecule has 0 atom stereocenters. The zero-order chi connectivity index (χ0) is 25.6. The van der Waals surface area contributed by atoms with Crippen LogP contribution in [0.2, 0.25) is 0 Å². The van der Waals surface area contributed by atoms with Gasteiger partial charge >= 0.3 is 0 Å². The minimum absolute atomic E-state index is 0.0622. The molecule has 0 unspecified atom stereocenters. The Labute approximate surface area is 232 Å². The first-order valence-electron chi connectivity index (χ1n) is 13.3. The largest absolute Gasteiger partial charge is 0.488 e. The van der Waals surface area contributed by atoms with Crippen molar-refractivity contribution in [1.82, 2.24) is 4.90 Å². The molecule has 0 aromatic heterocycles. The van der Waals surface area contributed by atoms with Crippen molar-refractivity contribution in [2.75, 3.05) is 0 Å². The number of hydrogen-bond acceptors (Lipinski definition) is 5. The van der Waals surface area contributed by atoms with E-state index in [4.69, 9.17) is 9.73 Å². The van der Waals surface area contributed by atoms with Crippen LogP contribution in [0, 0.1) is 11.3 Å². The van der Waals surface area contributed by atoms with Crippen molar-refractivity contribution in [3.8, 4) is 11.8 Å². The number of thioether (sulfide) groups is 1. The SMILES string of the molecule is N#Cc1ccccc1COc1ccc(Br)cc1C=C1SC(=NC2CCCCC2)N(C2CCCCC2)C1=O. The Kier molecular flexibility index (Phi) is 8.68. The van der Waals surface area contributed by atoms with Crippen LogP contribution in [0.1, 0.15) is 80.9 Å². The van der Waals surface area contributed by atoms with Gasteiger partial charge in [-0.25, -0.2) is 0 Å². The Morgan fingerprint density at radius 3 is 2.54 bits per heavy atom. The van der Waals surface area contributed by atoms with E-state index in [1.165, 1.54) is 50.3 Å². The van der Waals surface area contributed by atoms with E-state index in [1.54, 1.807) is 6.07 Å². The van der Waals surface area contributed by atoms with Gasteiger partial charge in [-0.1, -0.05) is 72.7 Å². The van der Waals surface area contributed by atoms with E-state index >= 15 is 0 Å². The highest BCUT2D eigenvalue weighted by atomic mass is 79.9. The number of aliphatic imine (C=N–C) groups is 1. The van der Waals surface area contributed by atoms with Gasteiger partial charge < -0.3 is 4.74 Å². The molecule has 1 saturated heterocycles. The fourth-order valence-corrected chi connectivity index (χ4v) is 6.90. The van der Waals surface area contributed by atoms with Gasteiger partial charge in [0.2, 0.25) is 0 Å². The molecule has 0 bridgehead atoms. The van der Waals surface area contributed by atoms with Crippen molar-refractivity contribution < 1.29 is 9.53 Å². The van der Waals surface area contributed by atoms with Gasteiger partial charge in [-0.05, 0) is 67.8 Å². The molecule has 2 aliphatic carbocycles. The predicted molar refractivity (Wildman–Crippen MR) is 153 cm³/mol. The number of carbonyl (C=O) groups excluding carboxylic acids is 1. The smallest absolute Gasteiger partial charge is 0.267 e. The lowest BCUT2D eigenvalue weighted by atomic mass is 9.94. The van der Waals surface area contributed by atoms with E-state index in [0.717, 1.165) is 46.5 Å². The topological polar surface area (TPSA) is 65.7 Å². The number of benzene rings is 2. The Morgan fingerprint density at radius 2 is 1.78 bits per heavy atom. The standard InChI is InChI=1S/C30H32BrN3O2S/c31-24-15-16-27(36-20-22-10-8-7-9-21(22)19-32)23(17-24)18-28-29(35)34(26-13-5-2-6-14-26)30(37-28)33-25-11-3-1-4-12-25/h7-10,15-18,25-26H,1-6,11-14,20H2. The Balaban J connectivity index is 1.43. The van der Waals surface area contributed by atoms with Gasteiger partial charge in [-0.3, -0.25) is 14.7 Å². The highest BCUT2D eigenvalue weighted by Crippen LogP contribution is 2.39. The van der Waals surface area contributed by atoms with Gasteiger partial charge in [0.25, 0.3) is 5.91 Å². The average Bonchev–Trinajstić information content (AvgIpc) is 3.23. The van der Waals surface area contributed by atoms with Crippen LogP contribution < -0.4 is 4.74 Å². The molecule has 1 heterocycles. The maximum absolute atomic E-state index is 13.8. The summed E-state index contributed by atoms with van der Waals surface area (Å²) in [7, 11) is 0. The van der Waals surface area contributed by atoms with Crippen molar-refractivity contribution in [2.45, 2.75) is 82.9 Å². The number of rotatable bonds is 6. The number of nitriles is 1. The molecule has 192 valence electrons. The number of ether oxygens (including phenoxy) is 1. The predicted octanol–water partition coefficient (Wildman–Crippen LogP) is 7.84. The molecule has 0 radical (unpaired) electrons. The summed E-state index contributed by atoms with van der Waals surface area (Å²) in [5.74, 6) is 0.742.